The van der Waals surface area contributed by atoms with Gasteiger partial charge in [0.15, 0.2) is 0 Å². The molecule has 0 aliphatic heterocycles. The van der Waals surface area contributed by atoms with Gasteiger partial charge in [-0.2, -0.15) is 5.10 Å². The number of nitrogens with one attached hydrogen (secondary N) is 1. The summed E-state index contributed by atoms with van der Waals surface area (Å²) in [5.74, 6) is -0.659. The van der Waals surface area contributed by atoms with Crippen molar-refractivity contribution in [2.45, 2.75) is 33.0 Å². The Morgan fingerprint density at radius 3 is 2.62 bits per heavy atom. The number of nitrogens with zero attached hydrogens (tertiary/aromatic N) is 3. The minimum absolute atomic E-state index is 0.177. The fourth-order valence-corrected chi connectivity index (χ4v) is 3.56. The zero-order chi connectivity index (χ0) is 20.4. The Hall–Kier alpha value is -3.48. The number of halogens is 1. The van der Waals surface area contributed by atoms with Crippen molar-refractivity contribution in [2.24, 2.45) is 0 Å². The molecule has 2 heterocycles. The second-order valence-electron chi connectivity index (χ2n) is 6.94. The van der Waals surface area contributed by atoms with Crippen molar-refractivity contribution in [3.05, 3.63) is 76.5 Å². The predicted octanol–water partition coefficient (Wildman–Crippen LogP) is 3.22. The molecule has 29 heavy (non-hydrogen) atoms. The smallest absolute Gasteiger partial charge is 0.291 e. The van der Waals surface area contributed by atoms with Crippen LogP contribution in [0, 0.1) is 5.82 Å². The van der Waals surface area contributed by atoms with Crippen LogP contribution in [0.2, 0.25) is 0 Å². The summed E-state index contributed by atoms with van der Waals surface area (Å²) in [5, 5.41) is 8.73. The van der Waals surface area contributed by atoms with E-state index in [9.17, 15) is 14.0 Å². The Kier molecular flexibility index (Phi) is 5.12. The maximum Gasteiger partial charge on any atom is 0.291 e. The third kappa shape index (κ3) is 3.63. The highest BCUT2D eigenvalue weighted by Crippen LogP contribution is 2.26. The first-order valence-corrected chi connectivity index (χ1v) is 9.56. The van der Waals surface area contributed by atoms with Crippen molar-refractivity contribution >= 4 is 27.7 Å². The van der Waals surface area contributed by atoms with Crippen molar-refractivity contribution in [3.63, 3.8) is 0 Å². The first-order chi connectivity index (χ1) is 14.1. The average molecular weight is 392 g/mol. The van der Waals surface area contributed by atoms with E-state index in [-0.39, 0.29) is 30.4 Å². The number of aromatic nitrogens is 3. The normalized spacial score (nSPS) is 11.2. The molecule has 0 bridgehead atoms. The molecule has 0 aliphatic carbocycles. The Bertz CT molecular complexity index is 1240. The molecule has 0 saturated carbocycles. The summed E-state index contributed by atoms with van der Waals surface area (Å²) in [5.41, 5.74) is 2.04. The molecule has 0 fully saturated rings. The van der Waals surface area contributed by atoms with Gasteiger partial charge in [-0.25, -0.2) is 9.07 Å². The van der Waals surface area contributed by atoms with E-state index < -0.39 is 0 Å². The van der Waals surface area contributed by atoms with Gasteiger partial charge in [-0.3, -0.25) is 9.59 Å². The van der Waals surface area contributed by atoms with E-state index in [1.807, 2.05) is 28.8 Å². The molecule has 0 aliphatic rings. The van der Waals surface area contributed by atoms with E-state index in [1.54, 1.807) is 18.3 Å². The van der Waals surface area contributed by atoms with Gasteiger partial charge in [-0.05, 0) is 30.2 Å². The largest absolute Gasteiger partial charge is 0.350 e. The lowest BCUT2D eigenvalue weighted by Gasteiger charge is -2.08. The fourth-order valence-electron chi connectivity index (χ4n) is 3.56. The molecule has 4 rings (SSSR count). The molecule has 7 heteroatoms. The van der Waals surface area contributed by atoms with E-state index in [1.165, 1.54) is 16.8 Å². The van der Waals surface area contributed by atoms with Crippen LogP contribution in [0.1, 0.15) is 18.9 Å². The van der Waals surface area contributed by atoms with Gasteiger partial charge in [0.05, 0.1) is 6.20 Å². The molecule has 0 saturated heterocycles. The number of hydrogen-bond acceptors (Lipinski definition) is 3. The summed E-state index contributed by atoms with van der Waals surface area (Å²) in [6.45, 7) is 2.85. The molecule has 2 aromatic heterocycles. The van der Waals surface area contributed by atoms with Gasteiger partial charge >= 0.3 is 0 Å². The predicted molar refractivity (Wildman–Crippen MR) is 110 cm³/mol. The van der Waals surface area contributed by atoms with Gasteiger partial charge in [0.25, 0.3) is 5.56 Å². The highest BCUT2D eigenvalue weighted by Gasteiger charge is 2.16. The first kappa shape index (κ1) is 18.9. The summed E-state index contributed by atoms with van der Waals surface area (Å²) in [4.78, 5) is 25.4. The van der Waals surface area contributed by atoms with Crippen LogP contribution in [0.5, 0.6) is 0 Å². The third-order valence-corrected chi connectivity index (χ3v) is 4.92. The van der Waals surface area contributed by atoms with E-state index in [0.29, 0.717) is 12.1 Å². The van der Waals surface area contributed by atoms with E-state index >= 15 is 0 Å². The number of fused-ring (bicyclic) bond motifs is 3. The number of para-hydroxylation sites is 1. The third-order valence-electron chi connectivity index (χ3n) is 4.92. The zero-order valence-electron chi connectivity index (χ0n) is 16.1. The lowest BCUT2D eigenvalue weighted by molar-refractivity contribution is -0.122. The van der Waals surface area contributed by atoms with Gasteiger partial charge in [0.1, 0.15) is 17.9 Å². The standard InChI is InChI=1S/C22H21FN4O2/c1-2-11-26-19-6-4-3-5-17(19)18-13-25-27(22(29)21(18)26)14-20(28)24-12-15-7-9-16(23)10-8-15/h3-10,13H,2,11-12,14H2,1H3,(H,24,28). The molecule has 4 aromatic rings. The molecule has 0 spiro atoms. The summed E-state index contributed by atoms with van der Waals surface area (Å²) in [7, 11) is 0. The van der Waals surface area contributed by atoms with Crippen molar-refractivity contribution in [1.82, 2.24) is 19.7 Å². The molecular weight excluding hydrogens is 371 g/mol. The topological polar surface area (TPSA) is 68.9 Å². The van der Waals surface area contributed by atoms with Crippen LogP contribution in [0.3, 0.4) is 0 Å². The van der Waals surface area contributed by atoms with Gasteiger partial charge in [-0.15, -0.1) is 0 Å². The summed E-state index contributed by atoms with van der Waals surface area (Å²) < 4.78 is 16.2. The summed E-state index contributed by atoms with van der Waals surface area (Å²) >= 11 is 0. The summed E-state index contributed by atoms with van der Waals surface area (Å²) in [6, 6.07) is 13.7. The Morgan fingerprint density at radius 2 is 1.86 bits per heavy atom. The average Bonchev–Trinajstić information content (AvgIpc) is 3.05. The lowest BCUT2D eigenvalue weighted by Crippen LogP contribution is -2.33. The number of carbonyl (C=O) groups excluding carboxylic acids is 1. The van der Waals surface area contributed by atoms with Gasteiger partial charge < -0.3 is 9.88 Å². The lowest BCUT2D eigenvalue weighted by atomic mass is 10.2. The van der Waals surface area contributed by atoms with Crippen molar-refractivity contribution in [2.75, 3.05) is 0 Å². The minimum atomic E-state index is -0.332. The van der Waals surface area contributed by atoms with Crippen molar-refractivity contribution in [1.29, 1.82) is 0 Å². The van der Waals surface area contributed by atoms with Gasteiger partial charge in [0, 0.05) is 29.4 Å². The monoisotopic (exact) mass is 392 g/mol. The maximum absolute atomic E-state index is 13.1. The molecule has 0 radical (unpaired) electrons. The number of aryl methyl sites for hydroxylation is 1. The van der Waals surface area contributed by atoms with Crippen molar-refractivity contribution < 1.29 is 9.18 Å². The quantitative estimate of drug-likeness (QED) is 0.548. The highest BCUT2D eigenvalue weighted by atomic mass is 19.1. The van der Waals surface area contributed by atoms with Crippen LogP contribution in [-0.2, 0) is 24.4 Å². The molecule has 148 valence electrons. The number of amides is 1. The molecule has 6 nitrogen and oxygen atoms in total. The van der Waals surface area contributed by atoms with E-state index in [4.69, 9.17) is 0 Å². The SMILES string of the molecule is CCCn1c2ccccc2c2cnn(CC(=O)NCc3ccc(F)cc3)c(=O)c21. The number of carbonyl (C=O) groups is 1. The first-order valence-electron chi connectivity index (χ1n) is 9.56. The Labute approximate surface area is 166 Å². The van der Waals surface area contributed by atoms with E-state index in [2.05, 4.69) is 17.3 Å². The maximum atomic E-state index is 13.1. The van der Waals surface area contributed by atoms with Crippen LogP contribution in [0.4, 0.5) is 4.39 Å². The molecule has 0 unspecified atom stereocenters. The Balaban J connectivity index is 1.62. The molecule has 0 atom stereocenters. The van der Waals surface area contributed by atoms with Gasteiger partial charge in [0.2, 0.25) is 5.91 Å². The second-order valence-corrected chi connectivity index (χ2v) is 6.94. The highest BCUT2D eigenvalue weighted by molar-refractivity contribution is 6.07. The van der Waals surface area contributed by atoms with E-state index in [0.717, 1.165) is 28.3 Å². The van der Waals surface area contributed by atoms with Crippen molar-refractivity contribution in [3.8, 4) is 0 Å². The van der Waals surface area contributed by atoms with Gasteiger partial charge in [-0.1, -0.05) is 37.3 Å². The van der Waals surface area contributed by atoms with Crippen LogP contribution in [0.15, 0.2) is 59.5 Å². The number of rotatable bonds is 6. The van der Waals surface area contributed by atoms with Crippen LogP contribution in [-0.4, -0.2) is 20.3 Å². The Morgan fingerprint density at radius 1 is 1.10 bits per heavy atom. The minimum Gasteiger partial charge on any atom is -0.350 e. The molecular formula is C22H21FN4O2. The number of benzene rings is 2. The molecule has 1 amide bonds. The molecule has 2 aromatic carbocycles. The van der Waals surface area contributed by atoms with Crippen LogP contribution < -0.4 is 10.9 Å². The molecule has 1 N–H and O–H groups in total. The van der Waals surface area contributed by atoms with Crippen LogP contribution >= 0.6 is 0 Å². The summed E-state index contributed by atoms with van der Waals surface area (Å²) in [6.07, 6.45) is 2.53. The van der Waals surface area contributed by atoms with Crippen LogP contribution in [0.25, 0.3) is 21.8 Å². The fraction of sp³-hybridized carbons (Fsp3) is 0.227. The second kappa shape index (κ2) is 7.87. The number of hydrogen-bond donors (Lipinski definition) is 1. The zero-order valence-corrected chi connectivity index (χ0v) is 16.1.